The first-order chi connectivity index (χ1) is 13.7. The average Bonchev–Trinajstić information content (AvgIpc) is 3.23. The number of aliphatic hydroxyl groups excluding tert-OH is 1. The molecule has 5 nitrogen and oxygen atoms in total. The van der Waals surface area contributed by atoms with E-state index < -0.39 is 0 Å². The van der Waals surface area contributed by atoms with E-state index in [1.807, 2.05) is 29.5 Å². The molecular weight excluding hydrogens is 372 g/mol. The Balaban J connectivity index is 1.40. The van der Waals surface area contributed by atoms with Gasteiger partial charge in [-0.05, 0) is 47.7 Å². The van der Waals surface area contributed by atoms with Gasteiger partial charge in [0.05, 0.1) is 7.11 Å². The molecule has 0 saturated carbocycles. The van der Waals surface area contributed by atoms with Crippen LogP contribution in [-0.4, -0.2) is 67.5 Å². The Labute approximate surface area is 170 Å². The molecule has 0 bridgehead atoms. The highest BCUT2D eigenvalue weighted by molar-refractivity contribution is 7.09. The molecule has 0 amide bonds. The van der Waals surface area contributed by atoms with E-state index >= 15 is 0 Å². The molecule has 2 aliphatic heterocycles. The Morgan fingerprint density at radius 3 is 2.96 bits per heavy atom. The van der Waals surface area contributed by atoms with Crippen molar-refractivity contribution in [1.29, 1.82) is 0 Å². The summed E-state index contributed by atoms with van der Waals surface area (Å²) in [5.41, 5.74) is 2.37. The Morgan fingerprint density at radius 2 is 2.18 bits per heavy atom. The summed E-state index contributed by atoms with van der Waals surface area (Å²) in [6.07, 6.45) is 3.05. The summed E-state index contributed by atoms with van der Waals surface area (Å²) >= 11 is 1.81. The monoisotopic (exact) mass is 400 g/mol. The summed E-state index contributed by atoms with van der Waals surface area (Å²) in [5, 5.41) is 11.7. The number of methoxy groups -OCH3 is 1. The van der Waals surface area contributed by atoms with Gasteiger partial charge in [-0.25, -0.2) is 0 Å². The van der Waals surface area contributed by atoms with Crippen molar-refractivity contribution in [3.8, 4) is 11.5 Å². The van der Waals surface area contributed by atoms with Gasteiger partial charge in [0.15, 0.2) is 0 Å². The number of piperazine rings is 1. The minimum atomic E-state index is 0.235. The standard InChI is InChI=1S/C22H28N2O3S/c1-26-20-4-5-22-18(12-20)11-17(16-27-22)13-23-7-8-24(19(14-23)6-9-25)15-21-3-2-10-28-21/h2-5,10-12,19,25H,6-9,13-16H2,1H3/t19-/m1/s1. The Morgan fingerprint density at radius 1 is 1.25 bits per heavy atom. The SMILES string of the molecule is COc1ccc2c(c1)C=C(CN1CCN(Cc3cccs3)[C@H](CCO)C1)CO2. The number of benzene rings is 1. The van der Waals surface area contributed by atoms with Crippen molar-refractivity contribution >= 4 is 17.4 Å². The van der Waals surface area contributed by atoms with E-state index in [-0.39, 0.29) is 6.61 Å². The third-order valence-corrected chi connectivity index (χ3v) is 6.37. The Kier molecular flexibility index (Phi) is 6.32. The van der Waals surface area contributed by atoms with Crippen LogP contribution in [0.25, 0.3) is 6.08 Å². The summed E-state index contributed by atoms with van der Waals surface area (Å²) < 4.78 is 11.3. The van der Waals surface area contributed by atoms with Crippen LogP contribution in [0, 0.1) is 0 Å². The summed E-state index contributed by atoms with van der Waals surface area (Å²) in [5.74, 6) is 1.77. The highest BCUT2D eigenvalue weighted by atomic mass is 32.1. The highest BCUT2D eigenvalue weighted by Crippen LogP contribution is 2.30. The van der Waals surface area contributed by atoms with Crippen molar-refractivity contribution in [3.05, 3.63) is 51.7 Å². The fraction of sp³-hybridized carbons (Fsp3) is 0.455. The molecule has 150 valence electrons. The maximum absolute atomic E-state index is 9.54. The first kappa shape index (κ1) is 19.5. The lowest BCUT2D eigenvalue weighted by Gasteiger charge is -2.41. The van der Waals surface area contributed by atoms with Crippen LogP contribution in [0.1, 0.15) is 16.9 Å². The summed E-state index contributed by atoms with van der Waals surface area (Å²) in [6, 6.07) is 10.6. The number of nitrogens with zero attached hydrogens (tertiary/aromatic N) is 2. The van der Waals surface area contributed by atoms with Crippen LogP contribution in [-0.2, 0) is 6.54 Å². The number of aliphatic hydroxyl groups is 1. The topological polar surface area (TPSA) is 45.2 Å². The lowest BCUT2D eigenvalue weighted by molar-refractivity contribution is 0.0581. The van der Waals surface area contributed by atoms with Crippen LogP contribution in [0.2, 0.25) is 0 Å². The smallest absolute Gasteiger partial charge is 0.127 e. The molecule has 1 aromatic heterocycles. The first-order valence-electron chi connectivity index (χ1n) is 9.85. The minimum Gasteiger partial charge on any atom is -0.497 e. The van der Waals surface area contributed by atoms with Crippen LogP contribution < -0.4 is 9.47 Å². The lowest BCUT2D eigenvalue weighted by atomic mass is 10.0. The fourth-order valence-electron chi connectivity index (χ4n) is 4.04. The molecule has 4 rings (SSSR count). The van der Waals surface area contributed by atoms with Gasteiger partial charge < -0.3 is 14.6 Å². The van der Waals surface area contributed by atoms with Gasteiger partial charge in [-0.3, -0.25) is 9.80 Å². The molecule has 0 unspecified atom stereocenters. The molecule has 0 radical (unpaired) electrons. The van der Waals surface area contributed by atoms with Gasteiger partial charge in [-0.2, -0.15) is 0 Å². The van der Waals surface area contributed by atoms with Crippen molar-refractivity contribution in [2.45, 2.75) is 19.0 Å². The molecule has 0 aliphatic carbocycles. The second-order valence-corrected chi connectivity index (χ2v) is 8.48. The molecule has 2 aromatic rings. The molecule has 28 heavy (non-hydrogen) atoms. The molecule has 1 fully saturated rings. The summed E-state index contributed by atoms with van der Waals surface area (Å²) in [4.78, 5) is 6.40. The summed E-state index contributed by atoms with van der Waals surface area (Å²) in [6.45, 7) is 5.81. The molecule has 1 N–H and O–H groups in total. The van der Waals surface area contributed by atoms with E-state index in [2.05, 4.69) is 33.4 Å². The number of ether oxygens (including phenoxy) is 2. The lowest BCUT2D eigenvalue weighted by Crippen LogP contribution is -2.53. The first-order valence-corrected chi connectivity index (χ1v) is 10.7. The van der Waals surface area contributed by atoms with Crippen molar-refractivity contribution in [1.82, 2.24) is 9.80 Å². The van der Waals surface area contributed by atoms with Crippen LogP contribution >= 0.6 is 11.3 Å². The third-order valence-electron chi connectivity index (χ3n) is 5.51. The number of rotatable bonds is 7. The highest BCUT2D eigenvalue weighted by Gasteiger charge is 2.27. The van der Waals surface area contributed by atoms with Crippen LogP contribution in [0.5, 0.6) is 11.5 Å². The Hall–Kier alpha value is -1.86. The van der Waals surface area contributed by atoms with Crippen LogP contribution in [0.15, 0.2) is 41.3 Å². The zero-order valence-corrected chi connectivity index (χ0v) is 17.2. The van der Waals surface area contributed by atoms with Crippen molar-refractivity contribution < 1.29 is 14.6 Å². The molecule has 1 aromatic carbocycles. The van der Waals surface area contributed by atoms with Crippen LogP contribution in [0.3, 0.4) is 0 Å². The van der Waals surface area contributed by atoms with E-state index in [0.717, 1.165) is 56.2 Å². The average molecular weight is 401 g/mol. The second kappa shape index (κ2) is 9.09. The van der Waals surface area contributed by atoms with E-state index in [9.17, 15) is 5.11 Å². The van der Waals surface area contributed by atoms with Gasteiger partial charge in [0.2, 0.25) is 0 Å². The maximum atomic E-state index is 9.54. The van der Waals surface area contributed by atoms with Gasteiger partial charge in [0.1, 0.15) is 18.1 Å². The van der Waals surface area contributed by atoms with E-state index in [1.165, 1.54) is 10.5 Å². The molecule has 0 spiro atoms. The normalized spacial score (nSPS) is 20.4. The number of hydrogen-bond acceptors (Lipinski definition) is 6. The van der Waals surface area contributed by atoms with Gasteiger partial charge >= 0.3 is 0 Å². The molecule has 2 aliphatic rings. The second-order valence-electron chi connectivity index (χ2n) is 7.45. The predicted molar refractivity (Wildman–Crippen MR) is 113 cm³/mol. The van der Waals surface area contributed by atoms with Crippen molar-refractivity contribution in [2.75, 3.05) is 46.5 Å². The third kappa shape index (κ3) is 4.58. The largest absolute Gasteiger partial charge is 0.497 e. The van der Waals surface area contributed by atoms with E-state index in [1.54, 1.807) is 7.11 Å². The van der Waals surface area contributed by atoms with E-state index in [0.29, 0.717) is 12.6 Å². The van der Waals surface area contributed by atoms with Gasteiger partial charge in [-0.1, -0.05) is 6.07 Å². The predicted octanol–water partition coefficient (Wildman–Crippen LogP) is 3.10. The van der Waals surface area contributed by atoms with Crippen molar-refractivity contribution in [2.24, 2.45) is 0 Å². The quantitative estimate of drug-likeness (QED) is 0.774. The zero-order valence-electron chi connectivity index (χ0n) is 16.3. The van der Waals surface area contributed by atoms with Crippen molar-refractivity contribution in [3.63, 3.8) is 0 Å². The molecule has 6 heteroatoms. The van der Waals surface area contributed by atoms with Gasteiger partial charge in [0, 0.05) is 55.8 Å². The maximum Gasteiger partial charge on any atom is 0.127 e. The molecule has 3 heterocycles. The minimum absolute atomic E-state index is 0.235. The Bertz CT molecular complexity index is 806. The van der Waals surface area contributed by atoms with Gasteiger partial charge in [-0.15, -0.1) is 11.3 Å². The molecule has 1 atom stereocenters. The fourth-order valence-corrected chi connectivity index (χ4v) is 4.77. The van der Waals surface area contributed by atoms with Gasteiger partial charge in [0.25, 0.3) is 0 Å². The molecule has 1 saturated heterocycles. The number of hydrogen-bond donors (Lipinski definition) is 1. The number of fused-ring (bicyclic) bond motifs is 1. The van der Waals surface area contributed by atoms with Crippen LogP contribution in [0.4, 0.5) is 0 Å². The summed E-state index contributed by atoms with van der Waals surface area (Å²) in [7, 11) is 1.69. The van der Waals surface area contributed by atoms with E-state index in [4.69, 9.17) is 9.47 Å². The number of thiophene rings is 1. The molecular formula is C22H28N2O3S. The zero-order chi connectivity index (χ0) is 19.3.